The number of carboxylic acid groups (broad SMARTS) is 1. The predicted molar refractivity (Wildman–Crippen MR) is 93.1 cm³/mol. The highest BCUT2D eigenvalue weighted by Crippen LogP contribution is 2.22. The number of amides is 1. The molecule has 0 spiro atoms. The van der Waals surface area contributed by atoms with Crippen molar-refractivity contribution in [1.29, 1.82) is 0 Å². The molecule has 0 fully saturated rings. The van der Waals surface area contributed by atoms with Gasteiger partial charge in [0, 0.05) is 23.5 Å². The molecule has 134 valence electrons. The normalized spacial score (nSPS) is 11.9. The topological polar surface area (TPSA) is 91.4 Å². The van der Waals surface area contributed by atoms with Crippen molar-refractivity contribution in [2.24, 2.45) is 0 Å². The molecule has 1 heterocycles. The van der Waals surface area contributed by atoms with Crippen molar-refractivity contribution in [3.05, 3.63) is 71.7 Å². The number of rotatable bonds is 6. The van der Waals surface area contributed by atoms with Crippen LogP contribution in [0.25, 0.3) is 10.9 Å². The first kappa shape index (κ1) is 17.5. The van der Waals surface area contributed by atoms with Crippen molar-refractivity contribution < 1.29 is 23.8 Å². The maximum atomic E-state index is 14.0. The Bertz CT molecular complexity index is 924. The number of benzene rings is 2. The molecule has 1 atom stereocenters. The third-order valence-electron chi connectivity index (χ3n) is 3.96. The summed E-state index contributed by atoms with van der Waals surface area (Å²) in [7, 11) is 0. The van der Waals surface area contributed by atoms with Gasteiger partial charge < -0.3 is 20.1 Å². The van der Waals surface area contributed by atoms with Gasteiger partial charge in [0.25, 0.3) is 0 Å². The number of aliphatic carboxylic acids is 1. The fourth-order valence-electron chi connectivity index (χ4n) is 2.70. The first-order valence-corrected chi connectivity index (χ1v) is 7.99. The van der Waals surface area contributed by atoms with E-state index >= 15 is 0 Å². The molecule has 0 bridgehead atoms. The molecule has 7 heteroatoms. The van der Waals surface area contributed by atoms with Crippen molar-refractivity contribution in [2.75, 3.05) is 0 Å². The lowest BCUT2D eigenvalue weighted by molar-refractivity contribution is -0.139. The average molecular weight is 356 g/mol. The third kappa shape index (κ3) is 4.00. The average Bonchev–Trinajstić information content (AvgIpc) is 3.04. The molecule has 0 aliphatic rings. The van der Waals surface area contributed by atoms with Gasteiger partial charge in [0.05, 0.1) is 0 Å². The molecule has 0 unspecified atom stereocenters. The zero-order valence-corrected chi connectivity index (χ0v) is 13.7. The van der Waals surface area contributed by atoms with E-state index in [0.29, 0.717) is 16.5 Å². The number of aromatic nitrogens is 1. The van der Waals surface area contributed by atoms with Crippen LogP contribution in [0.2, 0.25) is 0 Å². The van der Waals surface area contributed by atoms with E-state index in [4.69, 9.17) is 4.74 Å². The van der Waals surface area contributed by atoms with Crippen LogP contribution in [0.15, 0.2) is 54.7 Å². The Kier molecular flexibility index (Phi) is 5.17. The zero-order valence-electron chi connectivity index (χ0n) is 13.7. The molecular formula is C19H17FN2O4. The second kappa shape index (κ2) is 7.69. The Morgan fingerprint density at radius 3 is 2.65 bits per heavy atom. The first-order chi connectivity index (χ1) is 12.5. The molecule has 26 heavy (non-hydrogen) atoms. The van der Waals surface area contributed by atoms with Crippen LogP contribution >= 0.6 is 0 Å². The maximum Gasteiger partial charge on any atom is 0.408 e. The van der Waals surface area contributed by atoms with Crippen LogP contribution in [-0.2, 0) is 22.6 Å². The number of carbonyl (C=O) groups is 2. The van der Waals surface area contributed by atoms with E-state index in [1.807, 2.05) is 18.2 Å². The Morgan fingerprint density at radius 2 is 1.92 bits per heavy atom. The summed E-state index contributed by atoms with van der Waals surface area (Å²) in [5, 5.41) is 12.0. The number of H-pyrrole nitrogens is 1. The van der Waals surface area contributed by atoms with Crippen molar-refractivity contribution in [3.63, 3.8) is 0 Å². The second-order valence-corrected chi connectivity index (χ2v) is 5.78. The Hall–Kier alpha value is -3.35. The predicted octanol–water partition coefficient (Wildman–Crippen LogP) is 3.23. The third-order valence-corrected chi connectivity index (χ3v) is 3.96. The number of alkyl carbamates (subject to hydrolysis) is 1. The van der Waals surface area contributed by atoms with Crippen molar-refractivity contribution in [2.45, 2.75) is 19.1 Å². The zero-order chi connectivity index (χ0) is 18.5. The van der Waals surface area contributed by atoms with Crippen LogP contribution in [0, 0.1) is 5.82 Å². The van der Waals surface area contributed by atoms with Gasteiger partial charge in [-0.15, -0.1) is 0 Å². The molecule has 0 radical (unpaired) electrons. The maximum absolute atomic E-state index is 14.0. The number of carbonyl (C=O) groups excluding carboxylic acids is 1. The van der Waals surface area contributed by atoms with Crippen LogP contribution in [-0.4, -0.2) is 28.2 Å². The Balaban J connectivity index is 1.67. The van der Waals surface area contributed by atoms with Gasteiger partial charge in [0.1, 0.15) is 18.5 Å². The number of hydrogen-bond acceptors (Lipinski definition) is 3. The Labute approximate surface area is 148 Å². The summed E-state index contributed by atoms with van der Waals surface area (Å²) in [5.41, 5.74) is 1.82. The molecule has 1 aromatic heterocycles. The molecule has 6 nitrogen and oxygen atoms in total. The standard InChI is InChI=1S/C19H17FN2O4/c20-14-7-4-8-15-17(14)13(10-21-15)9-16(18(23)24)22-19(25)26-11-12-5-2-1-3-6-12/h1-8,10,16,21H,9,11H2,(H,22,25)(H,23,24)/t16-/m1/s1. The number of hydrogen-bond donors (Lipinski definition) is 3. The van der Waals surface area contributed by atoms with Crippen LogP contribution in [0.4, 0.5) is 9.18 Å². The van der Waals surface area contributed by atoms with Crippen molar-refractivity contribution in [3.8, 4) is 0 Å². The van der Waals surface area contributed by atoms with E-state index in [0.717, 1.165) is 5.56 Å². The van der Waals surface area contributed by atoms with Gasteiger partial charge in [-0.2, -0.15) is 0 Å². The number of aromatic amines is 1. The van der Waals surface area contributed by atoms with Gasteiger partial charge in [0.15, 0.2) is 0 Å². The molecule has 3 N–H and O–H groups in total. The number of carboxylic acids is 1. The SMILES string of the molecule is O=C(N[C@H](Cc1c[nH]c2cccc(F)c12)C(=O)O)OCc1ccccc1. The van der Waals surface area contributed by atoms with Crippen molar-refractivity contribution >= 4 is 23.0 Å². The van der Waals surface area contributed by atoms with Crippen molar-refractivity contribution in [1.82, 2.24) is 10.3 Å². The summed E-state index contributed by atoms with van der Waals surface area (Å²) in [6, 6.07) is 12.3. The summed E-state index contributed by atoms with van der Waals surface area (Å²) in [6.45, 7) is 0.0285. The minimum absolute atomic E-state index is 0.0285. The quantitative estimate of drug-likeness (QED) is 0.632. The highest BCUT2D eigenvalue weighted by molar-refractivity contribution is 5.86. The summed E-state index contributed by atoms with van der Waals surface area (Å²) in [4.78, 5) is 26.3. The van der Waals surface area contributed by atoms with Gasteiger partial charge in [-0.25, -0.2) is 14.0 Å². The van der Waals surface area contributed by atoms with Crippen LogP contribution in [0.5, 0.6) is 0 Å². The molecule has 0 saturated carbocycles. The summed E-state index contributed by atoms with van der Waals surface area (Å²) in [6.07, 6.45) is 0.624. The molecule has 0 aliphatic carbocycles. The fraction of sp³-hybridized carbons (Fsp3) is 0.158. The molecule has 0 aliphatic heterocycles. The van der Waals surface area contributed by atoms with Crippen LogP contribution in [0.1, 0.15) is 11.1 Å². The smallest absolute Gasteiger partial charge is 0.408 e. The molecule has 1 amide bonds. The van der Waals surface area contributed by atoms with Gasteiger partial charge in [-0.1, -0.05) is 36.4 Å². The molecular weight excluding hydrogens is 339 g/mol. The van der Waals surface area contributed by atoms with Crippen LogP contribution < -0.4 is 5.32 Å². The summed E-state index contributed by atoms with van der Waals surface area (Å²) >= 11 is 0. The molecule has 0 saturated heterocycles. The monoisotopic (exact) mass is 356 g/mol. The largest absolute Gasteiger partial charge is 0.480 e. The summed E-state index contributed by atoms with van der Waals surface area (Å²) < 4.78 is 19.1. The van der Waals surface area contributed by atoms with Gasteiger partial charge in [-0.3, -0.25) is 0 Å². The fourth-order valence-corrected chi connectivity index (χ4v) is 2.70. The highest BCUT2D eigenvalue weighted by atomic mass is 19.1. The number of ether oxygens (including phenoxy) is 1. The van der Waals surface area contributed by atoms with E-state index in [2.05, 4.69) is 10.3 Å². The second-order valence-electron chi connectivity index (χ2n) is 5.78. The molecule has 3 aromatic rings. The van der Waals surface area contributed by atoms with Gasteiger partial charge in [0.2, 0.25) is 0 Å². The Morgan fingerprint density at radius 1 is 1.15 bits per heavy atom. The lowest BCUT2D eigenvalue weighted by Crippen LogP contribution is -2.42. The van der Waals surface area contributed by atoms with Crippen LogP contribution in [0.3, 0.4) is 0 Å². The minimum atomic E-state index is -1.24. The van der Waals surface area contributed by atoms with E-state index in [1.165, 1.54) is 6.07 Å². The molecule has 3 rings (SSSR count). The highest BCUT2D eigenvalue weighted by Gasteiger charge is 2.23. The summed E-state index contributed by atoms with van der Waals surface area (Å²) in [5.74, 6) is -1.68. The number of halogens is 1. The van der Waals surface area contributed by atoms with E-state index < -0.39 is 23.9 Å². The minimum Gasteiger partial charge on any atom is -0.480 e. The lowest BCUT2D eigenvalue weighted by Gasteiger charge is -2.14. The van der Waals surface area contributed by atoms with E-state index in [-0.39, 0.29) is 13.0 Å². The van der Waals surface area contributed by atoms with Gasteiger partial charge in [-0.05, 0) is 23.3 Å². The first-order valence-electron chi connectivity index (χ1n) is 7.99. The number of fused-ring (bicyclic) bond motifs is 1. The molecule has 2 aromatic carbocycles. The van der Waals surface area contributed by atoms with E-state index in [1.54, 1.807) is 30.5 Å². The van der Waals surface area contributed by atoms with Gasteiger partial charge >= 0.3 is 12.1 Å². The lowest BCUT2D eigenvalue weighted by atomic mass is 10.0. The number of nitrogens with one attached hydrogen (secondary N) is 2. The van der Waals surface area contributed by atoms with E-state index in [9.17, 15) is 19.1 Å².